The van der Waals surface area contributed by atoms with E-state index in [1.165, 1.54) is 0 Å². The lowest BCUT2D eigenvalue weighted by atomic mass is 10.4. The summed E-state index contributed by atoms with van der Waals surface area (Å²) in [6.45, 7) is 2.36. The lowest BCUT2D eigenvalue weighted by Gasteiger charge is -1.99. The summed E-state index contributed by atoms with van der Waals surface area (Å²) in [4.78, 5) is 16.9. The number of carbonyl (C=O) groups excluding carboxylic acids is 1. The molecule has 1 heterocycles. The summed E-state index contributed by atoms with van der Waals surface area (Å²) >= 11 is 0. The van der Waals surface area contributed by atoms with Crippen LogP contribution in [0.25, 0.3) is 0 Å². The molecule has 13 heavy (non-hydrogen) atoms. The highest BCUT2D eigenvalue weighted by atomic mass is 16.5. The second-order valence-corrected chi connectivity index (χ2v) is 2.58. The van der Waals surface area contributed by atoms with Crippen LogP contribution in [-0.4, -0.2) is 22.5 Å². The van der Waals surface area contributed by atoms with E-state index in [1.807, 2.05) is 6.92 Å². The lowest BCUT2D eigenvalue weighted by Crippen LogP contribution is -2.07. The van der Waals surface area contributed by atoms with Crippen molar-refractivity contribution in [3.8, 4) is 5.88 Å². The molecule has 1 N–H and O–H groups in total. The number of unbranched alkanes of at least 4 members (excludes halogenated alkanes) is 1. The van der Waals surface area contributed by atoms with Gasteiger partial charge >= 0.3 is 5.97 Å². The Morgan fingerprint density at radius 1 is 1.69 bits per heavy atom. The number of carbonyl (C=O) groups is 1. The normalized spacial score (nSPS) is 9.92. The van der Waals surface area contributed by atoms with Crippen LogP contribution in [-0.2, 0) is 9.84 Å². The molecule has 0 saturated carbocycles. The fraction of sp³-hybridized carbons (Fsp3) is 0.500. The highest BCUT2D eigenvalue weighted by Gasteiger charge is 2.11. The van der Waals surface area contributed by atoms with Crippen LogP contribution in [0.5, 0.6) is 5.88 Å². The Morgan fingerprint density at radius 2 is 2.46 bits per heavy atom. The topological polar surface area (TPSA) is 74.9 Å². The van der Waals surface area contributed by atoms with E-state index in [-0.39, 0.29) is 5.82 Å². The van der Waals surface area contributed by atoms with Crippen LogP contribution in [0, 0.1) is 0 Å². The lowest BCUT2D eigenvalue weighted by molar-refractivity contribution is 0.0485. The molecule has 0 saturated heterocycles. The Hall–Kier alpha value is -1.52. The van der Waals surface area contributed by atoms with Crippen LogP contribution in [0.3, 0.4) is 0 Å². The van der Waals surface area contributed by atoms with E-state index >= 15 is 0 Å². The van der Waals surface area contributed by atoms with Crippen molar-refractivity contribution in [1.82, 2.24) is 9.97 Å². The average Bonchev–Trinajstić information content (AvgIpc) is 2.52. The molecule has 0 fully saturated rings. The minimum absolute atomic E-state index is 0.0268. The monoisotopic (exact) mass is 183 g/mol. The summed E-state index contributed by atoms with van der Waals surface area (Å²) in [5.74, 6) is -1.06. The average molecular weight is 183 g/mol. The van der Waals surface area contributed by atoms with Crippen LogP contribution in [0.2, 0.25) is 0 Å². The fourth-order valence-corrected chi connectivity index (χ4v) is 0.787. The predicted molar refractivity (Wildman–Crippen MR) is 43.9 cm³/mol. The van der Waals surface area contributed by atoms with Gasteiger partial charge in [0.2, 0.25) is 5.82 Å². The number of nitrogens with zero attached hydrogens (tertiary/aromatic N) is 1. The van der Waals surface area contributed by atoms with E-state index in [9.17, 15) is 9.90 Å². The second-order valence-electron chi connectivity index (χ2n) is 2.58. The Labute approximate surface area is 75.8 Å². The van der Waals surface area contributed by atoms with Gasteiger partial charge in [0.25, 0.3) is 5.88 Å². The number of ether oxygens (including phenoxy) is 1. The van der Waals surface area contributed by atoms with Crippen LogP contribution in [0.4, 0.5) is 0 Å². The second kappa shape index (κ2) is 4.49. The van der Waals surface area contributed by atoms with Gasteiger partial charge in [0, 0.05) is 0 Å². The summed E-state index contributed by atoms with van der Waals surface area (Å²) in [5.41, 5.74) is 0. The number of hydrogen-bond acceptors (Lipinski definition) is 3. The van der Waals surface area contributed by atoms with Gasteiger partial charge in [0.1, 0.15) is 0 Å². The summed E-state index contributed by atoms with van der Waals surface area (Å²) in [5, 5.41) is 10.6. The van der Waals surface area contributed by atoms with Gasteiger partial charge in [-0.05, 0) is 6.42 Å². The summed E-state index contributed by atoms with van der Waals surface area (Å²) < 4.78 is 4.81. The molecule has 0 aliphatic carbocycles. The Morgan fingerprint density at radius 3 is 3.00 bits per heavy atom. The molecule has 5 heteroatoms. The zero-order chi connectivity index (χ0) is 9.68. The SMILES string of the molecule is CCCCOC(=O)c1nc([O])c[nH]1. The molecule has 0 amide bonds. The Balaban J connectivity index is 2.40. The highest BCUT2D eigenvalue weighted by Crippen LogP contribution is 2.05. The maximum Gasteiger partial charge on any atom is 0.374 e. The zero-order valence-corrected chi connectivity index (χ0v) is 7.37. The van der Waals surface area contributed by atoms with Gasteiger partial charge in [-0.1, -0.05) is 13.3 Å². The quantitative estimate of drug-likeness (QED) is 0.567. The highest BCUT2D eigenvalue weighted by molar-refractivity contribution is 5.85. The molecule has 0 unspecified atom stereocenters. The Bertz CT molecular complexity index is 283. The standard InChI is InChI=1S/C8H11N2O3/c1-2-3-4-13-8(12)7-9-5-6(11)10-7/h5H,2-4H2,1H3,(H,9,10). The van der Waals surface area contributed by atoms with Gasteiger partial charge in [-0.2, -0.15) is 4.98 Å². The van der Waals surface area contributed by atoms with Gasteiger partial charge in [-0.3, -0.25) is 5.11 Å². The number of esters is 1. The molecule has 0 spiro atoms. The number of aromatic amines is 1. The minimum Gasteiger partial charge on any atom is -0.460 e. The molecular formula is C8H11N2O3. The smallest absolute Gasteiger partial charge is 0.374 e. The van der Waals surface area contributed by atoms with Gasteiger partial charge in [0.05, 0.1) is 12.8 Å². The molecule has 0 bridgehead atoms. The first-order valence-electron chi connectivity index (χ1n) is 4.13. The van der Waals surface area contributed by atoms with Crippen LogP contribution >= 0.6 is 0 Å². The largest absolute Gasteiger partial charge is 0.460 e. The van der Waals surface area contributed by atoms with Crippen molar-refractivity contribution < 1.29 is 14.6 Å². The molecule has 1 aromatic heterocycles. The Kier molecular flexibility index (Phi) is 3.31. The number of aromatic nitrogens is 2. The maximum absolute atomic E-state index is 11.1. The number of hydrogen-bond donors (Lipinski definition) is 1. The van der Waals surface area contributed by atoms with Crippen LogP contribution in [0.1, 0.15) is 30.4 Å². The number of nitrogens with one attached hydrogen (secondary N) is 1. The molecule has 1 aromatic rings. The van der Waals surface area contributed by atoms with Crippen molar-refractivity contribution in [3.05, 3.63) is 12.0 Å². The van der Waals surface area contributed by atoms with Gasteiger partial charge in [-0.15, -0.1) is 0 Å². The molecule has 1 rings (SSSR count). The summed E-state index contributed by atoms with van der Waals surface area (Å²) in [7, 11) is 0. The molecule has 0 atom stereocenters. The third-order valence-electron chi connectivity index (χ3n) is 1.48. The molecule has 5 nitrogen and oxygen atoms in total. The molecule has 0 aliphatic heterocycles. The molecule has 71 valence electrons. The zero-order valence-electron chi connectivity index (χ0n) is 7.37. The third kappa shape index (κ3) is 2.77. The van der Waals surface area contributed by atoms with Crippen molar-refractivity contribution >= 4 is 5.97 Å². The van der Waals surface area contributed by atoms with Crippen molar-refractivity contribution in [2.45, 2.75) is 19.8 Å². The number of imidazole rings is 1. The minimum atomic E-state index is -0.574. The molecule has 1 radical (unpaired) electrons. The molecular weight excluding hydrogens is 172 g/mol. The fourth-order valence-electron chi connectivity index (χ4n) is 0.787. The van der Waals surface area contributed by atoms with E-state index in [2.05, 4.69) is 9.97 Å². The summed E-state index contributed by atoms with van der Waals surface area (Å²) in [6.07, 6.45) is 2.89. The van der Waals surface area contributed by atoms with E-state index in [0.29, 0.717) is 6.61 Å². The first kappa shape index (κ1) is 9.57. The van der Waals surface area contributed by atoms with E-state index in [4.69, 9.17) is 4.74 Å². The first-order valence-corrected chi connectivity index (χ1v) is 4.13. The van der Waals surface area contributed by atoms with Crippen LogP contribution in [0.15, 0.2) is 6.20 Å². The van der Waals surface area contributed by atoms with Crippen molar-refractivity contribution in [2.75, 3.05) is 6.61 Å². The van der Waals surface area contributed by atoms with E-state index < -0.39 is 11.8 Å². The van der Waals surface area contributed by atoms with Crippen molar-refractivity contribution in [3.63, 3.8) is 0 Å². The third-order valence-corrected chi connectivity index (χ3v) is 1.48. The van der Waals surface area contributed by atoms with Gasteiger partial charge in [0.15, 0.2) is 0 Å². The van der Waals surface area contributed by atoms with E-state index in [0.717, 1.165) is 19.0 Å². The summed E-state index contributed by atoms with van der Waals surface area (Å²) in [6, 6.07) is 0. The van der Waals surface area contributed by atoms with E-state index in [1.54, 1.807) is 0 Å². The maximum atomic E-state index is 11.1. The van der Waals surface area contributed by atoms with Crippen molar-refractivity contribution in [1.29, 1.82) is 0 Å². The van der Waals surface area contributed by atoms with Gasteiger partial charge in [-0.25, -0.2) is 4.79 Å². The van der Waals surface area contributed by atoms with Gasteiger partial charge < -0.3 is 9.72 Å². The van der Waals surface area contributed by atoms with Crippen molar-refractivity contribution in [2.24, 2.45) is 0 Å². The predicted octanol–water partition coefficient (Wildman–Crippen LogP) is 1.51. The molecule has 0 aliphatic rings. The van der Waals surface area contributed by atoms with Crippen LogP contribution < -0.4 is 0 Å². The number of H-pyrrole nitrogens is 1. The number of rotatable bonds is 4. The first-order chi connectivity index (χ1) is 6.24. The molecule has 0 aromatic carbocycles.